The third kappa shape index (κ3) is 2.61. The minimum atomic E-state index is 0.144. The molecular formula is C17H18ClN5O. The Morgan fingerprint density at radius 2 is 2.04 bits per heavy atom. The number of ether oxygens (including phenoxy) is 1. The Morgan fingerprint density at radius 3 is 2.92 bits per heavy atom. The van der Waals surface area contributed by atoms with Crippen molar-refractivity contribution in [1.82, 2.24) is 19.5 Å². The molecule has 3 aromatic rings. The number of nitrogens with zero attached hydrogens (tertiary/aromatic N) is 5. The molecule has 124 valence electrons. The Balaban J connectivity index is 1.79. The van der Waals surface area contributed by atoms with Crippen molar-refractivity contribution in [2.24, 2.45) is 0 Å². The first-order valence-electron chi connectivity index (χ1n) is 7.99. The molecule has 1 aliphatic rings. The summed E-state index contributed by atoms with van der Waals surface area (Å²) in [5, 5.41) is 0.416. The first-order valence-corrected chi connectivity index (χ1v) is 8.36. The van der Waals surface area contributed by atoms with E-state index >= 15 is 0 Å². The van der Waals surface area contributed by atoms with Crippen LogP contribution in [0.5, 0.6) is 0 Å². The highest BCUT2D eigenvalue weighted by Gasteiger charge is 2.27. The number of imidazole rings is 1. The number of hydrogen-bond donors (Lipinski definition) is 0. The summed E-state index contributed by atoms with van der Waals surface area (Å²) in [6, 6.07) is 9.91. The molecule has 7 heteroatoms. The van der Waals surface area contributed by atoms with Crippen molar-refractivity contribution in [2.75, 3.05) is 18.1 Å². The fraction of sp³-hybridized carbons (Fsp3) is 0.353. The molecule has 0 amide bonds. The van der Waals surface area contributed by atoms with Gasteiger partial charge in [0.15, 0.2) is 0 Å². The van der Waals surface area contributed by atoms with Crippen molar-refractivity contribution in [2.45, 2.75) is 26.0 Å². The summed E-state index contributed by atoms with van der Waals surface area (Å²) in [6.45, 7) is 5.66. The Bertz CT molecular complexity index is 880. The molecule has 3 heterocycles. The lowest BCUT2D eigenvalue weighted by molar-refractivity contribution is 0.0281. The van der Waals surface area contributed by atoms with Crippen molar-refractivity contribution in [1.29, 1.82) is 0 Å². The summed E-state index contributed by atoms with van der Waals surface area (Å²) in [4.78, 5) is 15.7. The van der Waals surface area contributed by atoms with Gasteiger partial charge >= 0.3 is 0 Å². The molecule has 0 N–H and O–H groups in total. The van der Waals surface area contributed by atoms with E-state index in [4.69, 9.17) is 21.3 Å². The molecule has 1 saturated heterocycles. The molecule has 2 aromatic heterocycles. The predicted octanol–water partition coefficient (Wildman–Crippen LogP) is 3.08. The van der Waals surface area contributed by atoms with E-state index in [0.717, 1.165) is 23.4 Å². The number of halogens is 1. The maximum absolute atomic E-state index is 6.28. The molecule has 24 heavy (non-hydrogen) atoms. The van der Waals surface area contributed by atoms with E-state index in [-0.39, 0.29) is 12.1 Å². The van der Waals surface area contributed by atoms with E-state index in [1.807, 2.05) is 28.8 Å². The molecule has 1 fully saturated rings. The molecule has 4 rings (SSSR count). The lowest BCUT2D eigenvalue weighted by Gasteiger charge is -2.38. The minimum Gasteiger partial charge on any atom is -0.375 e. The Hall–Kier alpha value is -2.18. The zero-order valence-electron chi connectivity index (χ0n) is 13.6. The minimum absolute atomic E-state index is 0.144. The van der Waals surface area contributed by atoms with Crippen LogP contribution >= 0.6 is 11.6 Å². The van der Waals surface area contributed by atoms with Crippen molar-refractivity contribution >= 4 is 28.5 Å². The number of morpholine rings is 1. The van der Waals surface area contributed by atoms with Gasteiger partial charge in [0.05, 0.1) is 29.8 Å². The molecule has 0 unspecified atom stereocenters. The van der Waals surface area contributed by atoms with Crippen LogP contribution in [-0.2, 0) is 4.74 Å². The standard InChI is InChI=1S/C17H18ClN5O/c1-11-12(2)24-8-7-22(11)16-9-15(18)20-17(21-16)23-10-19-13-5-3-4-6-14(13)23/h3-6,9-12H,7-8H2,1-2H3/t11-,12+/m0/s1. The molecular weight excluding hydrogens is 326 g/mol. The molecule has 1 aliphatic heterocycles. The van der Waals surface area contributed by atoms with Crippen molar-refractivity contribution < 1.29 is 4.74 Å². The van der Waals surface area contributed by atoms with E-state index in [9.17, 15) is 0 Å². The van der Waals surface area contributed by atoms with Crippen molar-refractivity contribution in [3.63, 3.8) is 0 Å². The topological polar surface area (TPSA) is 56.1 Å². The number of fused-ring (bicyclic) bond motifs is 1. The number of para-hydroxylation sites is 2. The smallest absolute Gasteiger partial charge is 0.238 e. The monoisotopic (exact) mass is 343 g/mol. The Labute approximate surface area is 145 Å². The highest BCUT2D eigenvalue weighted by Crippen LogP contribution is 2.25. The van der Waals surface area contributed by atoms with Gasteiger partial charge in [0, 0.05) is 12.6 Å². The van der Waals surface area contributed by atoms with Crippen LogP contribution < -0.4 is 4.90 Å². The van der Waals surface area contributed by atoms with Gasteiger partial charge in [-0.1, -0.05) is 23.7 Å². The first-order chi connectivity index (χ1) is 11.6. The molecule has 0 saturated carbocycles. The lowest BCUT2D eigenvalue weighted by atomic mass is 10.1. The van der Waals surface area contributed by atoms with Crippen LogP contribution in [-0.4, -0.2) is 44.8 Å². The third-order valence-electron chi connectivity index (χ3n) is 4.52. The van der Waals surface area contributed by atoms with E-state index in [0.29, 0.717) is 17.7 Å². The highest BCUT2D eigenvalue weighted by atomic mass is 35.5. The van der Waals surface area contributed by atoms with Gasteiger partial charge in [0.25, 0.3) is 0 Å². The van der Waals surface area contributed by atoms with Gasteiger partial charge in [0.1, 0.15) is 17.3 Å². The van der Waals surface area contributed by atoms with E-state index < -0.39 is 0 Å². The summed E-state index contributed by atoms with van der Waals surface area (Å²) in [5.41, 5.74) is 1.85. The summed E-state index contributed by atoms with van der Waals surface area (Å²) in [5.74, 6) is 1.34. The maximum Gasteiger partial charge on any atom is 0.238 e. The number of rotatable bonds is 2. The van der Waals surface area contributed by atoms with Crippen LogP contribution in [0.2, 0.25) is 5.15 Å². The number of aromatic nitrogens is 4. The fourth-order valence-corrected chi connectivity index (χ4v) is 3.20. The van der Waals surface area contributed by atoms with Gasteiger partial charge < -0.3 is 9.64 Å². The fourth-order valence-electron chi connectivity index (χ4n) is 3.02. The van der Waals surface area contributed by atoms with Crippen molar-refractivity contribution in [3.8, 4) is 5.95 Å². The zero-order chi connectivity index (χ0) is 16.7. The Kier molecular flexibility index (Phi) is 3.86. The van der Waals surface area contributed by atoms with Gasteiger partial charge in [-0.15, -0.1) is 0 Å². The van der Waals surface area contributed by atoms with Crippen LogP contribution in [0.3, 0.4) is 0 Å². The van der Waals surface area contributed by atoms with E-state index in [1.54, 1.807) is 12.4 Å². The van der Waals surface area contributed by atoms with Crippen LogP contribution in [0.25, 0.3) is 17.0 Å². The van der Waals surface area contributed by atoms with Crippen LogP contribution in [0.4, 0.5) is 5.82 Å². The summed E-state index contributed by atoms with van der Waals surface area (Å²) in [7, 11) is 0. The molecule has 6 nitrogen and oxygen atoms in total. The van der Waals surface area contributed by atoms with Crippen LogP contribution in [0, 0.1) is 0 Å². The van der Waals surface area contributed by atoms with Crippen LogP contribution in [0.15, 0.2) is 36.7 Å². The quantitative estimate of drug-likeness (QED) is 0.669. The Morgan fingerprint density at radius 1 is 1.21 bits per heavy atom. The van der Waals surface area contributed by atoms with E-state index in [2.05, 4.69) is 28.7 Å². The van der Waals surface area contributed by atoms with Gasteiger partial charge in [-0.25, -0.2) is 9.97 Å². The number of anilines is 1. The predicted molar refractivity (Wildman–Crippen MR) is 93.9 cm³/mol. The maximum atomic E-state index is 6.28. The number of hydrogen-bond acceptors (Lipinski definition) is 5. The molecule has 2 atom stereocenters. The molecule has 0 radical (unpaired) electrons. The first kappa shape index (κ1) is 15.4. The summed E-state index contributed by atoms with van der Waals surface area (Å²) >= 11 is 6.28. The average Bonchev–Trinajstić information content (AvgIpc) is 3.01. The molecule has 0 bridgehead atoms. The number of benzene rings is 1. The van der Waals surface area contributed by atoms with Crippen molar-refractivity contribution in [3.05, 3.63) is 41.8 Å². The van der Waals surface area contributed by atoms with Gasteiger partial charge in [-0.2, -0.15) is 4.98 Å². The van der Waals surface area contributed by atoms with Gasteiger partial charge in [-0.05, 0) is 26.0 Å². The molecule has 1 aromatic carbocycles. The summed E-state index contributed by atoms with van der Waals surface area (Å²) in [6.07, 6.45) is 1.87. The zero-order valence-corrected chi connectivity index (χ0v) is 14.3. The average molecular weight is 344 g/mol. The molecule has 0 spiro atoms. The lowest BCUT2D eigenvalue weighted by Crippen LogP contribution is -2.49. The second-order valence-corrected chi connectivity index (χ2v) is 6.35. The highest BCUT2D eigenvalue weighted by molar-refractivity contribution is 6.29. The summed E-state index contributed by atoms with van der Waals surface area (Å²) < 4.78 is 7.56. The molecule has 0 aliphatic carbocycles. The van der Waals surface area contributed by atoms with Gasteiger partial charge in [0.2, 0.25) is 5.95 Å². The second-order valence-electron chi connectivity index (χ2n) is 5.96. The second kappa shape index (κ2) is 6.03. The normalized spacial score (nSPS) is 21.4. The SMILES string of the molecule is C[C@H]1OCCN(c2cc(Cl)nc(-n3cnc4ccccc43)n2)[C@H]1C. The van der Waals surface area contributed by atoms with E-state index in [1.165, 1.54) is 0 Å². The van der Waals surface area contributed by atoms with Gasteiger partial charge in [-0.3, -0.25) is 4.57 Å². The van der Waals surface area contributed by atoms with Crippen LogP contribution in [0.1, 0.15) is 13.8 Å². The largest absolute Gasteiger partial charge is 0.375 e. The third-order valence-corrected chi connectivity index (χ3v) is 4.71.